The zero-order chi connectivity index (χ0) is 10.3. The first kappa shape index (κ1) is 9.33. The number of hydrogen-bond donors (Lipinski definition) is 1. The average Bonchev–Trinajstić information content (AvgIpc) is 3.11. The van der Waals surface area contributed by atoms with Gasteiger partial charge in [-0.15, -0.1) is 10.2 Å². The summed E-state index contributed by atoms with van der Waals surface area (Å²) in [7, 11) is 2.00. The van der Waals surface area contributed by atoms with Gasteiger partial charge in [0, 0.05) is 13.1 Å². The van der Waals surface area contributed by atoms with Gasteiger partial charge >= 0.3 is 0 Å². The minimum absolute atomic E-state index is 0.752. The van der Waals surface area contributed by atoms with Crippen molar-refractivity contribution < 1.29 is 0 Å². The zero-order valence-electron chi connectivity index (χ0n) is 9.19. The summed E-state index contributed by atoms with van der Waals surface area (Å²) in [4.78, 5) is 0. The first-order valence-corrected chi connectivity index (χ1v) is 5.91. The predicted octanol–water partition coefficient (Wildman–Crippen LogP) is 1.09. The summed E-state index contributed by atoms with van der Waals surface area (Å²) < 4.78 is 1.99. The largest absolute Gasteiger partial charge is 0.320 e. The van der Waals surface area contributed by atoms with Crippen molar-refractivity contribution in [3.63, 3.8) is 0 Å². The van der Waals surface area contributed by atoms with Crippen molar-refractivity contribution in [2.45, 2.75) is 38.3 Å². The molecule has 0 amide bonds. The van der Waals surface area contributed by atoms with E-state index in [1.54, 1.807) is 6.33 Å². The first-order chi connectivity index (χ1) is 7.34. The lowest BCUT2D eigenvalue weighted by atomic mass is 10.1. The van der Waals surface area contributed by atoms with Crippen LogP contribution in [0, 0.1) is 11.8 Å². The lowest BCUT2D eigenvalue weighted by molar-refractivity contribution is 0.407. The molecule has 0 aliphatic heterocycles. The molecule has 3 rings (SSSR count). The van der Waals surface area contributed by atoms with Gasteiger partial charge < -0.3 is 9.88 Å². The van der Waals surface area contributed by atoms with Gasteiger partial charge in [0.15, 0.2) is 0 Å². The summed E-state index contributed by atoms with van der Waals surface area (Å²) in [6, 6.07) is 0.752. The molecule has 1 aromatic heterocycles. The molecule has 4 heteroatoms. The summed E-state index contributed by atoms with van der Waals surface area (Å²) in [5.74, 6) is 2.94. The summed E-state index contributed by atoms with van der Waals surface area (Å²) in [6.45, 7) is 0.869. The molecular weight excluding hydrogens is 188 g/mol. The minimum atomic E-state index is 0.752. The zero-order valence-corrected chi connectivity index (χ0v) is 9.19. The molecule has 0 aromatic carbocycles. The molecule has 1 aromatic rings. The maximum Gasteiger partial charge on any atom is 0.146 e. The highest BCUT2D eigenvalue weighted by Crippen LogP contribution is 2.44. The Morgan fingerprint density at radius 1 is 1.40 bits per heavy atom. The maximum absolute atomic E-state index is 4.10. The highest BCUT2D eigenvalue weighted by atomic mass is 15.3. The Kier molecular flexibility index (Phi) is 2.24. The SMILES string of the molecule is Cn1cnnc1CNC(C1CC1)C1CC1. The monoisotopic (exact) mass is 206 g/mol. The summed E-state index contributed by atoms with van der Waals surface area (Å²) in [5, 5.41) is 11.7. The first-order valence-electron chi connectivity index (χ1n) is 5.91. The van der Waals surface area contributed by atoms with E-state index < -0.39 is 0 Å². The molecule has 0 radical (unpaired) electrons. The molecule has 2 saturated carbocycles. The van der Waals surface area contributed by atoms with Crippen LogP contribution in [0.2, 0.25) is 0 Å². The topological polar surface area (TPSA) is 42.7 Å². The predicted molar refractivity (Wildman–Crippen MR) is 57.1 cm³/mol. The number of nitrogens with zero attached hydrogens (tertiary/aromatic N) is 3. The van der Waals surface area contributed by atoms with E-state index in [-0.39, 0.29) is 0 Å². The van der Waals surface area contributed by atoms with Crippen molar-refractivity contribution in [2.24, 2.45) is 18.9 Å². The molecular formula is C11H18N4. The van der Waals surface area contributed by atoms with Crippen LogP contribution in [0.5, 0.6) is 0 Å². The second-order valence-electron chi connectivity index (χ2n) is 4.94. The highest BCUT2D eigenvalue weighted by Gasteiger charge is 2.41. The Morgan fingerprint density at radius 2 is 2.07 bits per heavy atom. The third kappa shape index (κ3) is 2.04. The Morgan fingerprint density at radius 3 is 2.53 bits per heavy atom. The lowest BCUT2D eigenvalue weighted by Crippen LogP contribution is -2.33. The fourth-order valence-corrected chi connectivity index (χ4v) is 2.31. The number of aryl methyl sites for hydroxylation is 1. The van der Waals surface area contributed by atoms with Gasteiger partial charge in [0.1, 0.15) is 12.2 Å². The van der Waals surface area contributed by atoms with Crippen LogP contribution in [0.1, 0.15) is 31.5 Å². The Balaban J connectivity index is 1.57. The van der Waals surface area contributed by atoms with Crippen LogP contribution in [0.15, 0.2) is 6.33 Å². The molecule has 0 atom stereocenters. The highest BCUT2D eigenvalue weighted by molar-refractivity contribution is 4.97. The van der Waals surface area contributed by atoms with Crippen LogP contribution in [0.25, 0.3) is 0 Å². The van der Waals surface area contributed by atoms with E-state index in [1.807, 2.05) is 11.6 Å². The molecule has 0 unspecified atom stereocenters. The van der Waals surface area contributed by atoms with Crippen LogP contribution < -0.4 is 5.32 Å². The molecule has 4 nitrogen and oxygen atoms in total. The average molecular weight is 206 g/mol. The Bertz CT molecular complexity index is 326. The van der Waals surface area contributed by atoms with Crippen molar-refractivity contribution in [3.8, 4) is 0 Å². The van der Waals surface area contributed by atoms with E-state index >= 15 is 0 Å². The summed E-state index contributed by atoms with van der Waals surface area (Å²) in [6.07, 6.45) is 7.46. The second kappa shape index (κ2) is 3.59. The van der Waals surface area contributed by atoms with Crippen molar-refractivity contribution in [1.82, 2.24) is 20.1 Å². The van der Waals surface area contributed by atoms with Gasteiger partial charge in [0.2, 0.25) is 0 Å². The fraction of sp³-hybridized carbons (Fsp3) is 0.818. The van der Waals surface area contributed by atoms with E-state index in [2.05, 4.69) is 15.5 Å². The summed E-state index contributed by atoms with van der Waals surface area (Å²) in [5.41, 5.74) is 0. The van der Waals surface area contributed by atoms with Gasteiger partial charge in [-0.3, -0.25) is 0 Å². The van der Waals surface area contributed by atoms with E-state index in [0.717, 1.165) is 30.2 Å². The Hall–Kier alpha value is -0.900. The third-order valence-corrected chi connectivity index (χ3v) is 3.56. The normalized spacial score (nSPS) is 21.2. The quantitative estimate of drug-likeness (QED) is 0.784. The summed E-state index contributed by atoms with van der Waals surface area (Å²) >= 11 is 0. The number of nitrogens with one attached hydrogen (secondary N) is 1. The molecule has 82 valence electrons. The molecule has 0 spiro atoms. The maximum atomic E-state index is 4.10. The second-order valence-corrected chi connectivity index (χ2v) is 4.94. The fourth-order valence-electron chi connectivity index (χ4n) is 2.31. The lowest BCUT2D eigenvalue weighted by Gasteiger charge is -2.16. The third-order valence-electron chi connectivity index (χ3n) is 3.56. The van der Waals surface area contributed by atoms with E-state index in [1.165, 1.54) is 25.7 Å². The van der Waals surface area contributed by atoms with Crippen molar-refractivity contribution in [1.29, 1.82) is 0 Å². The standard InChI is InChI=1S/C11H18N4/c1-15-7-13-14-10(15)6-12-11(8-2-3-8)9-4-5-9/h7-9,11-12H,2-6H2,1H3. The van der Waals surface area contributed by atoms with Crippen LogP contribution in [0.4, 0.5) is 0 Å². The van der Waals surface area contributed by atoms with Gasteiger partial charge in [-0.1, -0.05) is 0 Å². The van der Waals surface area contributed by atoms with Gasteiger partial charge in [-0.2, -0.15) is 0 Å². The van der Waals surface area contributed by atoms with Gasteiger partial charge in [0.05, 0.1) is 6.54 Å². The van der Waals surface area contributed by atoms with Gasteiger partial charge in [-0.05, 0) is 37.5 Å². The smallest absolute Gasteiger partial charge is 0.146 e. The molecule has 15 heavy (non-hydrogen) atoms. The minimum Gasteiger partial charge on any atom is -0.320 e. The van der Waals surface area contributed by atoms with E-state index in [9.17, 15) is 0 Å². The van der Waals surface area contributed by atoms with Crippen LogP contribution in [-0.4, -0.2) is 20.8 Å². The van der Waals surface area contributed by atoms with Crippen LogP contribution >= 0.6 is 0 Å². The number of rotatable bonds is 5. The Labute approximate surface area is 90.1 Å². The van der Waals surface area contributed by atoms with E-state index in [4.69, 9.17) is 0 Å². The number of aromatic nitrogens is 3. The van der Waals surface area contributed by atoms with Crippen LogP contribution in [0.3, 0.4) is 0 Å². The molecule has 2 aliphatic rings. The van der Waals surface area contributed by atoms with Gasteiger partial charge in [-0.25, -0.2) is 0 Å². The van der Waals surface area contributed by atoms with Crippen molar-refractivity contribution >= 4 is 0 Å². The molecule has 2 fully saturated rings. The molecule has 0 saturated heterocycles. The molecule has 0 bridgehead atoms. The van der Waals surface area contributed by atoms with Crippen LogP contribution in [-0.2, 0) is 13.6 Å². The van der Waals surface area contributed by atoms with Crippen molar-refractivity contribution in [3.05, 3.63) is 12.2 Å². The molecule has 1 N–H and O–H groups in total. The number of hydrogen-bond acceptors (Lipinski definition) is 3. The van der Waals surface area contributed by atoms with E-state index in [0.29, 0.717) is 0 Å². The van der Waals surface area contributed by atoms with Crippen molar-refractivity contribution in [2.75, 3.05) is 0 Å². The van der Waals surface area contributed by atoms with Gasteiger partial charge in [0.25, 0.3) is 0 Å². The molecule has 2 aliphatic carbocycles. The molecule has 1 heterocycles.